The number of nitrogens with two attached hydrogens (primary N) is 1. The number of hydrogen-bond donors (Lipinski definition) is 1. The van der Waals surface area contributed by atoms with Gasteiger partial charge in [0.25, 0.3) is 0 Å². The molecule has 1 aromatic carbocycles. The molecule has 0 aliphatic rings. The van der Waals surface area contributed by atoms with Gasteiger partial charge in [0.1, 0.15) is 0 Å². The lowest BCUT2D eigenvalue weighted by atomic mass is 10.0. The lowest BCUT2D eigenvalue weighted by molar-refractivity contribution is 0.365. The van der Waals surface area contributed by atoms with E-state index in [1.165, 1.54) is 0 Å². The summed E-state index contributed by atoms with van der Waals surface area (Å²) in [5, 5.41) is 3.94. The molecule has 0 saturated carbocycles. The fourth-order valence-corrected chi connectivity index (χ4v) is 1.75. The van der Waals surface area contributed by atoms with Crippen LogP contribution in [0.2, 0.25) is 0 Å². The number of aromatic nitrogens is 2. The van der Waals surface area contributed by atoms with Crippen LogP contribution in [-0.4, -0.2) is 10.1 Å². The lowest BCUT2D eigenvalue weighted by Crippen LogP contribution is -2.11. The highest BCUT2D eigenvalue weighted by molar-refractivity contribution is 5.18. The van der Waals surface area contributed by atoms with Crippen LogP contribution < -0.4 is 5.73 Å². The zero-order valence-electron chi connectivity index (χ0n) is 10.8. The second-order valence-corrected chi connectivity index (χ2v) is 4.76. The van der Waals surface area contributed by atoms with Crippen molar-refractivity contribution in [2.45, 2.75) is 38.6 Å². The standard InChI is InChI=1S/C14H19N3O/c1-10(2)14-16-13(18-17-14)9-8-12(15)11-6-4-3-5-7-11/h3-7,10,12H,8-9,15H2,1-2H3. The van der Waals surface area contributed by atoms with Crippen LogP contribution in [0.4, 0.5) is 0 Å². The largest absolute Gasteiger partial charge is 0.339 e. The quantitative estimate of drug-likeness (QED) is 0.879. The Morgan fingerprint density at radius 3 is 2.56 bits per heavy atom. The van der Waals surface area contributed by atoms with Gasteiger partial charge in [-0.3, -0.25) is 0 Å². The Hall–Kier alpha value is -1.68. The summed E-state index contributed by atoms with van der Waals surface area (Å²) in [6.07, 6.45) is 1.53. The smallest absolute Gasteiger partial charge is 0.226 e. The summed E-state index contributed by atoms with van der Waals surface area (Å²) >= 11 is 0. The predicted molar refractivity (Wildman–Crippen MR) is 70.1 cm³/mol. The van der Waals surface area contributed by atoms with Crippen LogP contribution in [-0.2, 0) is 6.42 Å². The van der Waals surface area contributed by atoms with E-state index in [1.807, 2.05) is 44.2 Å². The van der Waals surface area contributed by atoms with Crippen molar-refractivity contribution in [2.24, 2.45) is 5.73 Å². The van der Waals surface area contributed by atoms with Crippen molar-refractivity contribution in [1.82, 2.24) is 10.1 Å². The molecule has 0 bridgehead atoms. The lowest BCUT2D eigenvalue weighted by Gasteiger charge is -2.09. The molecule has 1 aromatic heterocycles. The number of nitrogens with zero attached hydrogens (tertiary/aromatic N) is 2. The van der Waals surface area contributed by atoms with Crippen molar-refractivity contribution in [1.29, 1.82) is 0 Å². The molecule has 18 heavy (non-hydrogen) atoms. The van der Waals surface area contributed by atoms with Crippen LogP contribution >= 0.6 is 0 Å². The minimum atomic E-state index is 0.0144. The second kappa shape index (κ2) is 5.78. The molecule has 0 fully saturated rings. The van der Waals surface area contributed by atoms with E-state index in [4.69, 9.17) is 10.3 Å². The molecule has 0 saturated heterocycles. The zero-order valence-corrected chi connectivity index (χ0v) is 10.8. The molecule has 1 heterocycles. The third-order valence-electron chi connectivity index (χ3n) is 2.90. The van der Waals surface area contributed by atoms with Crippen molar-refractivity contribution in [3.63, 3.8) is 0 Å². The van der Waals surface area contributed by atoms with Crippen molar-refractivity contribution in [2.75, 3.05) is 0 Å². The predicted octanol–water partition coefficient (Wildman–Crippen LogP) is 2.83. The van der Waals surface area contributed by atoms with Gasteiger partial charge in [-0.15, -0.1) is 0 Å². The van der Waals surface area contributed by atoms with Crippen LogP contribution in [0.25, 0.3) is 0 Å². The molecule has 1 unspecified atom stereocenters. The van der Waals surface area contributed by atoms with Gasteiger partial charge in [-0.1, -0.05) is 49.3 Å². The van der Waals surface area contributed by atoms with E-state index in [2.05, 4.69) is 10.1 Å². The van der Waals surface area contributed by atoms with Gasteiger partial charge in [0.2, 0.25) is 5.89 Å². The molecule has 4 heteroatoms. The maximum atomic E-state index is 6.12. The van der Waals surface area contributed by atoms with E-state index in [0.29, 0.717) is 11.8 Å². The summed E-state index contributed by atoms with van der Waals surface area (Å²) in [6, 6.07) is 10.1. The van der Waals surface area contributed by atoms with Gasteiger partial charge in [0.15, 0.2) is 5.82 Å². The van der Waals surface area contributed by atoms with Crippen molar-refractivity contribution < 1.29 is 4.52 Å². The Labute approximate surface area is 107 Å². The van der Waals surface area contributed by atoms with Crippen molar-refractivity contribution in [3.05, 3.63) is 47.6 Å². The summed E-state index contributed by atoms with van der Waals surface area (Å²) in [4.78, 5) is 4.34. The maximum Gasteiger partial charge on any atom is 0.226 e. The topological polar surface area (TPSA) is 64.9 Å². The average Bonchev–Trinajstić information content (AvgIpc) is 2.86. The highest BCUT2D eigenvalue weighted by Gasteiger charge is 2.12. The van der Waals surface area contributed by atoms with E-state index in [1.54, 1.807) is 0 Å². The molecule has 4 nitrogen and oxygen atoms in total. The summed E-state index contributed by atoms with van der Waals surface area (Å²) in [6.45, 7) is 4.09. The molecule has 0 aliphatic heterocycles. The highest BCUT2D eigenvalue weighted by atomic mass is 16.5. The second-order valence-electron chi connectivity index (χ2n) is 4.76. The van der Waals surface area contributed by atoms with Gasteiger partial charge < -0.3 is 10.3 Å². The van der Waals surface area contributed by atoms with E-state index < -0.39 is 0 Å². The normalized spacial score (nSPS) is 12.9. The van der Waals surface area contributed by atoms with Crippen LogP contribution in [0.1, 0.15) is 49.5 Å². The third kappa shape index (κ3) is 3.17. The molecule has 0 aliphatic carbocycles. The summed E-state index contributed by atoms with van der Waals surface area (Å²) in [5.74, 6) is 1.73. The first kappa shape index (κ1) is 12.8. The summed E-state index contributed by atoms with van der Waals surface area (Å²) in [5.41, 5.74) is 7.26. The Balaban J connectivity index is 1.91. The average molecular weight is 245 g/mol. The molecule has 1 atom stereocenters. The molecule has 0 amide bonds. The number of benzene rings is 1. The minimum Gasteiger partial charge on any atom is -0.339 e. The van der Waals surface area contributed by atoms with Gasteiger partial charge in [-0.2, -0.15) is 4.98 Å². The van der Waals surface area contributed by atoms with E-state index >= 15 is 0 Å². The van der Waals surface area contributed by atoms with Gasteiger partial charge in [0.05, 0.1) is 0 Å². The maximum absolute atomic E-state index is 6.12. The van der Waals surface area contributed by atoms with Crippen molar-refractivity contribution in [3.8, 4) is 0 Å². The molecule has 0 radical (unpaired) electrons. The first-order valence-electron chi connectivity index (χ1n) is 6.30. The van der Waals surface area contributed by atoms with Crippen LogP contribution in [0.3, 0.4) is 0 Å². The molecule has 96 valence electrons. The van der Waals surface area contributed by atoms with Gasteiger partial charge in [-0.25, -0.2) is 0 Å². The Morgan fingerprint density at radius 1 is 1.22 bits per heavy atom. The van der Waals surface area contributed by atoms with Gasteiger partial charge >= 0.3 is 0 Å². The molecule has 2 aromatic rings. The molecule has 2 N–H and O–H groups in total. The van der Waals surface area contributed by atoms with Gasteiger partial charge in [0, 0.05) is 18.4 Å². The molecular weight excluding hydrogens is 226 g/mol. The monoisotopic (exact) mass is 245 g/mol. The van der Waals surface area contributed by atoms with E-state index in [9.17, 15) is 0 Å². The molecule has 0 spiro atoms. The number of hydrogen-bond acceptors (Lipinski definition) is 4. The fraction of sp³-hybridized carbons (Fsp3) is 0.429. The first-order chi connectivity index (χ1) is 8.66. The van der Waals surface area contributed by atoms with E-state index in [0.717, 1.165) is 24.2 Å². The first-order valence-corrected chi connectivity index (χ1v) is 6.30. The SMILES string of the molecule is CC(C)c1noc(CCC(N)c2ccccc2)n1. The Kier molecular flexibility index (Phi) is 4.10. The molecular formula is C14H19N3O. The molecule has 2 rings (SSSR count). The van der Waals surface area contributed by atoms with Crippen LogP contribution in [0, 0.1) is 0 Å². The number of aryl methyl sites for hydroxylation is 1. The zero-order chi connectivity index (χ0) is 13.0. The van der Waals surface area contributed by atoms with Crippen LogP contribution in [0.15, 0.2) is 34.9 Å². The highest BCUT2D eigenvalue weighted by Crippen LogP contribution is 2.17. The van der Waals surface area contributed by atoms with Gasteiger partial charge in [-0.05, 0) is 12.0 Å². The number of rotatable bonds is 5. The summed E-state index contributed by atoms with van der Waals surface area (Å²) < 4.78 is 5.20. The minimum absolute atomic E-state index is 0.0144. The Morgan fingerprint density at radius 2 is 1.94 bits per heavy atom. The Bertz CT molecular complexity index is 479. The third-order valence-corrected chi connectivity index (χ3v) is 2.90. The van der Waals surface area contributed by atoms with E-state index in [-0.39, 0.29) is 6.04 Å². The summed E-state index contributed by atoms with van der Waals surface area (Å²) in [7, 11) is 0. The fourth-order valence-electron chi connectivity index (χ4n) is 1.75. The van der Waals surface area contributed by atoms with Crippen molar-refractivity contribution >= 4 is 0 Å². The van der Waals surface area contributed by atoms with Crippen LogP contribution in [0.5, 0.6) is 0 Å².